The summed E-state index contributed by atoms with van der Waals surface area (Å²) in [7, 11) is 1.49. The molecular formula is C31H29NO5. The predicted octanol–water partition coefficient (Wildman–Crippen LogP) is 5.37. The topological polar surface area (TPSA) is 76.1 Å². The zero-order valence-electron chi connectivity index (χ0n) is 21.1. The summed E-state index contributed by atoms with van der Waals surface area (Å²) in [5.41, 5.74) is 3.77. The van der Waals surface area contributed by atoms with Crippen molar-refractivity contribution in [2.45, 2.75) is 32.3 Å². The molecule has 0 radical (unpaired) electrons. The highest BCUT2D eigenvalue weighted by molar-refractivity contribution is 6.23. The summed E-state index contributed by atoms with van der Waals surface area (Å²) in [6.07, 6.45) is 3.29. The Labute approximate surface area is 216 Å². The Morgan fingerprint density at radius 1 is 0.973 bits per heavy atom. The van der Waals surface area contributed by atoms with E-state index in [1.54, 1.807) is 6.07 Å². The molecular weight excluding hydrogens is 466 g/mol. The smallest absolute Gasteiger partial charge is 0.238 e. The lowest BCUT2D eigenvalue weighted by Gasteiger charge is -2.46. The number of imide groups is 1. The van der Waals surface area contributed by atoms with Gasteiger partial charge in [0.05, 0.1) is 24.6 Å². The van der Waals surface area contributed by atoms with Crippen LogP contribution in [0.2, 0.25) is 0 Å². The van der Waals surface area contributed by atoms with E-state index < -0.39 is 17.4 Å². The van der Waals surface area contributed by atoms with Crippen molar-refractivity contribution in [1.82, 2.24) is 0 Å². The van der Waals surface area contributed by atoms with Gasteiger partial charge in [-0.15, -0.1) is 0 Å². The van der Waals surface area contributed by atoms with Crippen molar-refractivity contribution in [3.8, 4) is 17.2 Å². The van der Waals surface area contributed by atoms with Gasteiger partial charge in [-0.25, -0.2) is 0 Å². The van der Waals surface area contributed by atoms with E-state index in [2.05, 4.69) is 12.1 Å². The van der Waals surface area contributed by atoms with Crippen LogP contribution in [0.4, 0.5) is 5.69 Å². The molecule has 2 amide bonds. The van der Waals surface area contributed by atoms with Gasteiger partial charge in [0.25, 0.3) is 0 Å². The fraction of sp³-hybridized carbons (Fsp3) is 0.290. The van der Waals surface area contributed by atoms with Gasteiger partial charge in [0, 0.05) is 11.5 Å². The minimum absolute atomic E-state index is 0.0550. The van der Waals surface area contributed by atoms with Crippen molar-refractivity contribution in [3.63, 3.8) is 0 Å². The molecule has 2 aliphatic heterocycles. The van der Waals surface area contributed by atoms with Gasteiger partial charge in [-0.1, -0.05) is 48.5 Å². The molecule has 1 fully saturated rings. The van der Waals surface area contributed by atoms with E-state index in [0.29, 0.717) is 23.6 Å². The van der Waals surface area contributed by atoms with Gasteiger partial charge >= 0.3 is 0 Å². The molecule has 2 heterocycles. The van der Waals surface area contributed by atoms with E-state index in [4.69, 9.17) is 9.47 Å². The molecule has 1 saturated heterocycles. The maximum Gasteiger partial charge on any atom is 0.238 e. The molecule has 37 heavy (non-hydrogen) atoms. The number of ether oxygens (including phenoxy) is 2. The number of allylic oxidation sites excluding steroid dienone is 1. The van der Waals surface area contributed by atoms with E-state index in [1.165, 1.54) is 17.6 Å². The third-order valence-electron chi connectivity index (χ3n) is 7.95. The molecule has 3 aromatic carbocycles. The quantitative estimate of drug-likeness (QED) is 0.493. The Morgan fingerprint density at radius 3 is 2.38 bits per heavy atom. The second-order valence-electron chi connectivity index (χ2n) is 10.5. The third kappa shape index (κ3) is 3.62. The van der Waals surface area contributed by atoms with Crippen molar-refractivity contribution >= 4 is 23.1 Å². The van der Waals surface area contributed by atoms with E-state index in [0.717, 1.165) is 23.1 Å². The molecule has 3 aromatic rings. The van der Waals surface area contributed by atoms with Crippen LogP contribution < -0.4 is 14.4 Å². The number of aromatic hydroxyl groups is 1. The molecule has 0 spiro atoms. The zero-order valence-corrected chi connectivity index (χ0v) is 21.1. The Morgan fingerprint density at radius 2 is 1.68 bits per heavy atom. The molecule has 1 N–H and O–H groups in total. The molecule has 188 valence electrons. The Hall–Kier alpha value is -4.06. The van der Waals surface area contributed by atoms with Crippen LogP contribution in [-0.2, 0) is 16.0 Å². The minimum atomic E-state index is -0.822. The molecule has 3 atom stereocenters. The van der Waals surface area contributed by atoms with Crippen molar-refractivity contribution in [2.75, 3.05) is 12.0 Å². The number of carbonyl (C=O) groups is 2. The van der Waals surface area contributed by atoms with Crippen LogP contribution in [0.25, 0.3) is 5.57 Å². The predicted molar refractivity (Wildman–Crippen MR) is 141 cm³/mol. The molecule has 6 nitrogen and oxygen atoms in total. The van der Waals surface area contributed by atoms with Gasteiger partial charge in [-0.2, -0.15) is 0 Å². The molecule has 0 unspecified atom stereocenters. The van der Waals surface area contributed by atoms with Gasteiger partial charge in [-0.3, -0.25) is 14.5 Å². The van der Waals surface area contributed by atoms with Crippen LogP contribution in [0, 0.1) is 17.8 Å². The number of fused-ring (bicyclic) bond motifs is 5. The van der Waals surface area contributed by atoms with Crippen molar-refractivity contribution in [1.29, 1.82) is 0 Å². The molecule has 0 bridgehead atoms. The maximum absolute atomic E-state index is 13.9. The Kier molecular flexibility index (Phi) is 5.37. The number of anilines is 1. The lowest BCUT2D eigenvalue weighted by Crippen LogP contribution is -2.49. The second-order valence-corrected chi connectivity index (χ2v) is 10.5. The van der Waals surface area contributed by atoms with Crippen LogP contribution in [0.15, 0.2) is 72.8 Å². The molecule has 6 heteroatoms. The van der Waals surface area contributed by atoms with Crippen LogP contribution in [0.1, 0.15) is 37.0 Å². The number of rotatable bonds is 4. The lowest BCUT2D eigenvalue weighted by atomic mass is 9.64. The highest BCUT2D eigenvalue weighted by atomic mass is 16.5. The number of nitrogens with zero attached hydrogens (tertiary/aromatic N) is 1. The van der Waals surface area contributed by atoms with Crippen LogP contribution in [0.3, 0.4) is 0 Å². The van der Waals surface area contributed by atoms with E-state index in [9.17, 15) is 14.7 Å². The van der Waals surface area contributed by atoms with Gasteiger partial charge in [0.2, 0.25) is 17.6 Å². The Balaban J connectivity index is 1.32. The Bertz CT molecular complexity index is 1420. The van der Waals surface area contributed by atoms with Crippen molar-refractivity contribution in [2.24, 2.45) is 17.8 Å². The number of benzene rings is 3. The fourth-order valence-electron chi connectivity index (χ4n) is 6.25. The first-order chi connectivity index (χ1) is 17.8. The van der Waals surface area contributed by atoms with Gasteiger partial charge < -0.3 is 14.6 Å². The van der Waals surface area contributed by atoms with Crippen LogP contribution in [0.5, 0.6) is 17.2 Å². The van der Waals surface area contributed by atoms with Gasteiger partial charge in [0.1, 0.15) is 5.60 Å². The molecule has 3 aliphatic rings. The standard InChI is InChI=1S/C31H29NO5/c1-31(2)26-21(22-15-16-24(36-3)27(33)28(22)37-31)13-14-23-25(26)30(35)32(29(23)34)20-11-9-19(10-12-20)17-18-7-5-4-6-8-18/h4-13,15-16,23,25-26,33H,14,17H2,1-3H3/t23-,25-,26+/m0/s1. The average Bonchev–Trinajstić information content (AvgIpc) is 3.15. The van der Waals surface area contributed by atoms with Crippen molar-refractivity contribution in [3.05, 3.63) is 89.5 Å². The fourth-order valence-corrected chi connectivity index (χ4v) is 6.25. The summed E-state index contributed by atoms with van der Waals surface area (Å²) < 4.78 is 11.6. The summed E-state index contributed by atoms with van der Waals surface area (Å²) in [5, 5.41) is 10.7. The number of hydrogen-bond donors (Lipinski definition) is 1. The molecule has 1 aliphatic carbocycles. The number of phenols is 1. The summed E-state index contributed by atoms with van der Waals surface area (Å²) >= 11 is 0. The van der Waals surface area contributed by atoms with E-state index >= 15 is 0 Å². The summed E-state index contributed by atoms with van der Waals surface area (Å²) in [6.45, 7) is 3.82. The van der Waals surface area contributed by atoms with Crippen LogP contribution in [-0.4, -0.2) is 29.6 Å². The largest absolute Gasteiger partial charge is 0.502 e. The highest BCUT2D eigenvalue weighted by Crippen LogP contribution is 2.58. The summed E-state index contributed by atoms with van der Waals surface area (Å²) in [6, 6.07) is 21.4. The van der Waals surface area contributed by atoms with Crippen LogP contribution >= 0.6 is 0 Å². The monoisotopic (exact) mass is 495 g/mol. The van der Waals surface area contributed by atoms with E-state index in [-0.39, 0.29) is 23.5 Å². The zero-order chi connectivity index (χ0) is 25.9. The maximum atomic E-state index is 13.9. The number of hydrogen-bond acceptors (Lipinski definition) is 5. The summed E-state index contributed by atoms with van der Waals surface area (Å²) in [5.74, 6) is -1.04. The minimum Gasteiger partial charge on any atom is -0.502 e. The summed E-state index contributed by atoms with van der Waals surface area (Å²) in [4.78, 5) is 28.8. The lowest BCUT2D eigenvalue weighted by molar-refractivity contribution is -0.124. The van der Waals surface area contributed by atoms with Gasteiger partial charge in [0.15, 0.2) is 11.5 Å². The van der Waals surface area contributed by atoms with Gasteiger partial charge in [-0.05, 0) is 67.7 Å². The third-order valence-corrected chi connectivity index (χ3v) is 7.95. The first-order valence-corrected chi connectivity index (χ1v) is 12.6. The first-order valence-electron chi connectivity index (χ1n) is 12.6. The SMILES string of the molecule is COc1ccc2c(c1O)OC(C)(C)[C@@H]1C2=CC[C@@H]2C(=O)N(c3ccc(Cc4ccccc4)cc3)C(=O)[C@@H]21. The normalized spacial score (nSPS) is 23.5. The second kappa shape index (κ2) is 8.51. The van der Waals surface area contributed by atoms with E-state index in [1.807, 2.05) is 68.5 Å². The number of amides is 2. The number of phenolic OH excluding ortho intramolecular Hbond substituents is 1. The number of carbonyl (C=O) groups excluding carboxylic acids is 2. The highest BCUT2D eigenvalue weighted by Gasteiger charge is 2.59. The average molecular weight is 496 g/mol. The molecule has 0 saturated carbocycles. The first kappa shape index (κ1) is 23.3. The number of methoxy groups -OCH3 is 1. The molecule has 0 aromatic heterocycles. The van der Waals surface area contributed by atoms with Crippen molar-refractivity contribution < 1.29 is 24.2 Å². The molecule has 6 rings (SSSR count).